The molecule has 0 aromatic heterocycles. The summed E-state index contributed by atoms with van der Waals surface area (Å²) in [5, 5.41) is 2.68. The van der Waals surface area contributed by atoms with Crippen LogP contribution in [0.2, 0.25) is 5.54 Å². The van der Waals surface area contributed by atoms with E-state index in [2.05, 4.69) is 12.2 Å². The first-order chi connectivity index (χ1) is 7.24. The van der Waals surface area contributed by atoms with Gasteiger partial charge in [0.15, 0.2) is 0 Å². The summed E-state index contributed by atoms with van der Waals surface area (Å²) in [4.78, 5) is 10.1. The first-order valence-corrected chi connectivity index (χ1v) is 7.28. The Labute approximate surface area is 94.5 Å². The fourth-order valence-corrected chi connectivity index (χ4v) is 3.23. The summed E-state index contributed by atoms with van der Waals surface area (Å²) < 4.78 is 11.0. The number of nitrogens with one attached hydrogen (secondary N) is 1. The molecule has 5 heteroatoms. The molecule has 0 aliphatic carbocycles. The van der Waals surface area contributed by atoms with E-state index >= 15 is 0 Å². The smallest absolute Gasteiger partial charge is 0.207 e. The fourth-order valence-electron chi connectivity index (χ4n) is 1.39. The quantitative estimate of drug-likeness (QED) is 0.258. The van der Waals surface area contributed by atoms with Gasteiger partial charge < -0.3 is 14.8 Å². The lowest BCUT2D eigenvalue weighted by Crippen LogP contribution is -2.28. The minimum Gasteiger partial charge on any atom is -0.359 e. The Hall–Kier alpha value is -0.393. The van der Waals surface area contributed by atoms with Gasteiger partial charge in [0.2, 0.25) is 6.41 Å². The molecule has 90 valence electrons. The molecule has 0 aromatic rings. The Morgan fingerprint density at radius 2 is 1.93 bits per heavy atom. The van der Waals surface area contributed by atoms with E-state index in [0.717, 1.165) is 19.4 Å². The largest absolute Gasteiger partial charge is 0.359 e. The lowest BCUT2D eigenvalue weighted by atomic mass is 10.3. The topological polar surface area (TPSA) is 47.6 Å². The molecule has 1 N–H and O–H groups in total. The van der Waals surface area contributed by atoms with Crippen molar-refractivity contribution >= 4 is 15.9 Å². The molecule has 0 radical (unpaired) electrons. The number of carbonyl (C=O) groups excluding carboxylic acids is 1. The summed E-state index contributed by atoms with van der Waals surface area (Å²) in [6, 6.07) is 0. The van der Waals surface area contributed by atoms with Crippen molar-refractivity contribution in [1.29, 1.82) is 0 Å². The summed E-state index contributed by atoms with van der Waals surface area (Å²) in [5.41, 5.74) is 0.626. The molecule has 0 spiro atoms. The van der Waals surface area contributed by atoms with E-state index in [4.69, 9.17) is 9.47 Å². The van der Waals surface area contributed by atoms with Crippen molar-refractivity contribution < 1.29 is 14.3 Å². The molecule has 15 heavy (non-hydrogen) atoms. The second kappa shape index (κ2) is 10.1. The maximum Gasteiger partial charge on any atom is 0.207 e. The number of amides is 1. The summed E-state index contributed by atoms with van der Waals surface area (Å²) in [7, 11) is -0.401. The molecule has 1 unspecified atom stereocenters. The van der Waals surface area contributed by atoms with Gasteiger partial charge in [-0.05, 0) is 25.8 Å². The highest BCUT2D eigenvalue weighted by atomic mass is 28.2. The van der Waals surface area contributed by atoms with E-state index in [0.29, 0.717) is 18.8 Å². The third kappa shape index (κ3) is 8.59. The molecule has 0 heterocycles. The molecule has 0 aromatic carbocycles. The average Bonchev–Trinajstić information content (AvgIpc) is 2.19. The van der Waals surface area contributed by atoms with Crippen molar-refractivity contribution in [2.75, 3.05) is 19.8 Å². The average molecular weight is 233 g/mol. The van der Waals surface area contributed by atoms with Gasteiger partial charge >= 0.3 is 0 Å². The zero-order valence-electron chi connectivity index (χ0n) is 9.99. The number of ether oxygens (including phenoxy) is 2. The highest BCUT2D eigenvalue weighted by Gasteiger charge is 2.13. The van der Waals surface area contributed by atoms with E-state index in [1.807, 2.05) is 13.8 Å². The molecule has 0 bridgehead atoms. The number of carbonyl (C=O) groups is 1. The van der Waals surface area contributed by atoms with Crippen LogP contribution in [0.3, 0.4) is 0 Å². The maximum atomic E-state index is 10.1. The van der Waals surface area contributed by atoms with Gasteiger partial charge in [0, 0.05) is 19.8 Å². The van der Waals surface area contributed by atoms with E-state index in [1.54, 1.807) is 0 Å². The van der Waals surface area contributed by atoms with Crippen LogP contribution in [0, 0.1) is 0 Å². The summed E-state index contributed by atoms with van der Waals surface area (Å²) in [6.45, 7) is 8.33. The molecule has 0 aliphatic rings. The van der Waals surface area contributed by atoms with Crippen LogP contribution in [0.5, 0.6) is 0 Å². The summed E-state index contributed by atoms with van der Waals surface area (Å²) in [5.74, 6) is 0.0335. The zero-order valence-corrected chi connectivity index (χ0v) is 11.4. The van der Waals surface area contributed by atoms with Crippen molar-refractivity contribution in [3.05, 3.63) is 0 Å². The van der Waals surface area contributed by atoms with E-state index in [-0.39, 0.29) is 5.91 Å². The Balaban J connectivity index is 3.66. The van der Waals surface area contributed by atoms with Gasteiger partial charge in [-0.15, -0.1) is 0 Å². The van der Waals surface area contributed by atoms with Gasteiger partial charge in [-0.1, -0.05) is 6.92 Å². The van der Waals surface area contributed by atoms with Crippen LogP contribution >= 0.6 is 0 Å². The zero-order chi connectivity index (χ0) is 11.5. The van der Waals surface area contributed by atoms with Crippen LogP contribution in [-0.4, -0.2) is 41.6 Å². The normalized spacial score (nSPS) is 13.6. The molecule has 1 atom stereocenters. The Kier molecular flexibility index (Phi) is 9.87. The van der Waals surface area contributed by atoms with Crippen molar-refractivity contribution in [2.45, 2.75) is 38.6 Å². The van der Waals surface area contributed by atoms with Crippen LogP contribution in [0.4, 0.5) is 0 Å². The van der Waals surface area contributed by atoms with Gasteiger partial charge in [-0.25, -0.2) is 0 Å². The number of rotatable bonds is 10. The first kappa shape index (κ1) is 14.6. The molecule has 0 fully saturated rings. The third-order valence-corrected chi connectivity index (χ3v) is 4.23. The molecular formula is C10H23NO3Si. The van der Waals surface area contributed by atoms with Crippen molar-refractivity contribution in [3.8, 4) is 0 Å². The highest BCUT2D eigenvalue weighted by molar-refractivity contribution is 6.38. The molecule has 0 saturated heterocycles. The van der Waals surface area contributed by atoms with E-state index in [1.165, 1.54) is 0 Å². The maximum absolute atomic E-state index is 10.1. The number of hydrogen-bond donors (Lipinski definition) is 1. The standard InChI is InChI=1S/C10H23NO3Si/c1-4-13-10(14-5-2)15-9(3)6-7-11-8-12/h8-10H,4-7,15H2,1-3H3,(H,11,12). The van der Waals surface area contributed by atoms with Crippen LogP contribution in [0.25, 0.3) is 0 Å². The predicted octanol–water partition coefficient (Wildman–Crippen LogP) is 0.456. The van der Waals surface area contributed by atoms with Crippen LogP contribution in [0.15, 0.2) is 0 Å². The van der Waals surface area contributed by atoms with Crippen LogP contribution in [-0.2, 0) is 14.3 Å². The molecule has 4 nitrogen and oxygen atoms in total. The van der Waals surface area contributed by atoms with E-state index < -0.39 is 9.52 Å². The molecule has 0 aliphatic heterocycles. The van der Waals surface area contributed by atoms with Crippen molar-refractivity contribution in [3.63, 3.8) is 0 Å². The molecular weight excluding hydrogens is 210 g/mol. The second-order valence-corrected chi connectivity index (χ2v) is 6.07. The van der Waals surface area contributed by atoms with Crippen LogP contribution < -0.4 is 5.32 Å². The number of hydrogen-bond acceptors (Lipinski definition) is 3. The summed E-state index contributed by atoms with van der Waals surface area (Å²) in [6.07, 6.45) is 1.76. The van der Waals surface area contributed by atoms with Gasteiger partial charge in [0.1, 0.15) is 5.91 Å². The Morgan fingerprint density at radius 1 is 1.33 bits per heavy atom. The van der Waals surface area contributed by atoms with E-state index in [9.17, 15) is 4.79 Å². The van der Waals surface area contributed by atoms with Gasteiger partial charge in [0.25, 0.3) is 0 Å². The predicted molar refractivity (Wildman–Crippen MR) is 63.7 cm³/mol. The van der Waals surface area contributed by atoms with Crippen molar-refractivity contribution in [1.82, 2.24) is 5.32 Å². The van der Waals surface area contributed by atoms with Crippen LogP contribution in [0.1, 0.15) is 27.2 Å². The molecule has 0 rings (SSSR count). The first-order valence-electron chi connectivity index (χ1n) is 5.64. The lowest BCUT2D eigenvalue weighted by Gasteiger charge is -2.20. The SMILES string of the molecule is CCOC(OCC)[SiH2]C(C)CCNC=O. The van der Waals surface area contributed by atoms with Gasteiger partial charge in [0.05, 0.1) is 9.52 Å². The van der Waals surface area contributed by atoms with Gasteiger partial charge in [-0.3, -0.25) is 4.79 Å². The summed E-state index contributed by atoms with van der Waals surface area (Å²) >= 11 is 0. The third-order valence-electron chi connectivity index (χ3n) is 2.16. The minimum absolute atomic E-state index is 0.0335. The lowest BCUT2D eigenvalue weighted by molar-refractivity contribution is -0.109. The van der Waals surface area contributed by atoms with Crippen molar-refractivity contribution in [2.24, 2.45) is 0 Å². The van der Waals surface area contributed by atoms with Gasteiger partial charge in [-0.2, -0.15) is 0 Å². The monoisotopic (exact) mass is 233 g/mol. The minimum atomic E-state index is -0.401. The molecule has 0 saturated carbocycles. The molecule has 1 amide bonds. The second-order valence-electron chi connectivity index (χ2n) is 3.54. The Morgan fingerprint density at radius 3 is 2.40 bits per heavy atom. The fraction of sp³-hybridized carbons (Fsp3) is 0.900. The highest BCUT2D eigenvalue weighted by Crippen LogP contribution is 2.10. The Bertz CT molecular complexity index is 152.